The second kappa shape index (κ2) is 3.70. The zero-order valence-corrected chi connectivity index (χ0v) is 8.22. The van der Waals surface area contributed by atoms with Crippen molar-refractivity contribution in [1.82, 2.24) is 14.6 Å². The van der Waals surface area contributed by atoms with E-state index in [4.69, 9.17) is 5.73 Å². The molecule has 0 aromatic carbocycles. The summed E-state index contributed by atoms with van der Waals surface area (Å²) in [5.41, 5.74) is 8.26. The van der Waals surface area contributed by atoms with Gasteiger partial charge in [0.05, 0.1) is 6.61 Å². The summed E-state index contributed by atoms with van der Waals surface area (Å²) >= 11 is 0. The molecule has 2 aromatic rings. The number of nitrogen functional groups attached to an aromatic ring is 1. The van der Waals surface area contributed by atoms with Crippen LogP contribution in [-0.2, 0) is 13.0 Å². The molecule has 5 nitrogen and oxygen atoms in total. The highest BCUT2D eigenvalue weighted by Crippen LogP contribution is 2.22. The summed E-state index contributed by atoms with van der Waals surface area (Å²) in [6.45, 7) is 3.64. The molecule has 0 saturated carbocycles. The molecular weight excluding hydrogens is 192 g/mol. The lowest BCUT2D eigenvalue weighted by atomic mass is 10.1. The Kier molecular flexibility index (Phi) is 2.39. The van der Waals surface area contributed by atoms with E-state index in [-0.39, 0.29) is 6.61 Å². The minimum Gasteiger partial charge on any atom is -0.392 e. The Hall–Kier alpha value is -1.88. The van der Waals surface area contributed by atoms with Crippen LogP contribution in [0.15, 0.2) is 25.2 Å². The van der Waals surface area contributed by atoms with Crippen molar-refractivity contribution in [2.75, 3.05) is 5.73 Å². The molecule has 2 heterocycles. The molecule has 3 N–H and O–H groups in total. The molecular formula is C10H12N4O. The summed E-state index contributed by atoms with van der Waals surface area (Å²) < 4.78 is 1.63. The number of aromatic nitrogens is 3. The summed E-state index contributed by atoms with van der Waals surface area (Å²) in [5, 5.41) is 13.2. The highest BCUT2D eigenvalue weighted by Gasteiger charge is 2.12. The van der Waals surface area contributed by atoms with E-state index in [0.717, 1.165) is 16.6 Å². The van der Waals surface area contributed by atoms with Gasteiger partial charge in [0, 0.05) is 11.8 Å². The summed E-state index contributed by atoms with van der Waals surface area (Å²) in [5.74, 6) is 0.418. The maximum atomic E-state index is 9.20. The normalized spacial score (nSPS) is 10.7. The maximum Gasteiger partial charge on any atom is 0.151 e. The zero-order chi connectivity index (χ0) is 10.8. The predicted octanol–water partition coefficient (Wildman–Crippen LogP) is 0.532. The van der Waals surface area contributed by atoms with Crippen LogP contribution in [0.1, 0.15) is 11.1 Å². The molecule has 2 aromatic heterocycles. The van der Waals surface area contributed by atoms with Crippen LogP contribution in [0.4, 0.5) is 5.82 Å². The number of aliphatic hydroxyl groups excluding tert-OH is 1. The maximum absolute atomic E-state index is 9.20. The smallest absolute Gasteiger partial charge is 0.151 e. The molecule has 0 spiro atoms. The fourth-order valence-electron chi connectivity index (χ4n) is 1.66. The Morgan fingerprint density at radius 2 is 2.40 bits per heavy atom. The average molecular weight is 204 g/mol. The van der Waals surface area contributed by atoms with Crippen molar-refractivity contribution in [3.63, 3.8) is 0 Å². The van der Waals surface area contributed by atoms with Gasteiger partial charge >= 0.3 is 0 Å². The fourth-order valence-corrected chi connectivity index (χ4v) is 1.66. The van der Waals surface area contributed by atoms with Gasteiger partial charge in [0.15, 0.2) is 5.82 Å². The lowest BCUT2D eigenvalue weighted by Gasteiger charge is -2.00. The van der Waals surface area contributed by atoms with Crippen LogP contribution in [-0.4, -0.2) is 19.7 Å². The van der Waals surface area contributed by atoms with Crippen molar-refractivity contribution in [3.05, 3.63) is 36.3 Å². The number of hydrogen-bond acceptors (Lipinski definition) is 4. The van der Waals surface area contributed by atoms with E-state index in [1.165, 1.54) is 6.33 Å². The van der Waals surface area contributed by atoms with Gasteiger partial charge in [-0.25, -0.2) is 9.50 Å². The van der Waals surface area contributed by atoms with Crippen LogP contribution in [0.25, 0.3) is 5.52 Å². The number of aliphatic hydroxyl groups is 1. The lowest BCUT2D eigenvalue weighted by Crippen LogP contribution is -1.99. The van der Waals surface area contributed by atoms with E-state index in [9.17, 15) is 5.11 Å². The highest BCUT2D eigenvalue weighted by atomic mass is 16.3. The summed E-state index contributed by atoms with van der Waals surface area (Å²) in [7, 11) is 0. The van der Waals surface area contributed by atoms with Gasteiger partial charge in [-0.05, 0) is 12.0 Å². The number of allylic oxidation sites excluding steroid dienone is 1. The second-order valence-electron chi connectivity index (χ2n) is 3.22. The van der Waals surface area contributed by atoms with Crippen molar-refractivity contribution in [2.24, 2.45) is 0 Å². The van der Waals surface area contributed by atoms with Crippen LogP contribution >= 0.6 is 0 Å². The number of hydrogen-bond donors (Lipinski definition) is 2. The van der Waals surface area contributed by atoms with E-state index in [0.29, 0.717) is 12.2 Å². The van der Waals surface area contributed by atoms with Gasteiger partial charge in [-0.3, -0.25) is 0 Å². The predicted molar refractivity (Wildman–Crippen MR) is 57.2 cm³/mol. The molecule has 0 atom stereocenters. The Bertz CT molecular complexity index is 503. The van der Waals surface area contributed by atoms with Crippen LogP contribution in [0.3, 0.4) is 0 Å². The molecule has 0 aliphatic heterocycles. The third-order valence-corrected chi connectivity index (χ3v) is 2.31. The van der Waals surface area contributed by atoms with Crippen molar-refractivity contribution in [3.8, 4) is 0 Å². The van der Waals surface area contributed by atoms with E-state index >= 15 is 0 Å². The monoisotopic (exact) mass is 204 g/mol. The molecule has 0 saturated heterocycles. The second-order valence-corrected chi connectivity index (χ2v) is 3.22. The number of rotatable bonds is 3. The van der Waals surface area contributed by atoms with E-state index in [1.807, 2.05) is 0 Å². The first-order chi connectivity index (χ1) is 7.27. The quantitative estimate of drug-likeness (QED) is 0.715. The first kappa shape index (κ1) is 9.67. The summed E-state index contributed by atoms with van der Waals surface area (Å²) in [6, 6.07) is 0. The number of nitrogens with two attached hydrogens (primary N) is 1. The number of fused-ring (bicyclic) bond motifs is 1. The van der Waals surface area contributed by atoms with Crippen molar-refractivity contribution in [2.45, 2.75) is 13.0 Å². The van der Waals surface area contributed by atoms with E-state index < -0.39 is 0 Å². The van der Waals surface area contributed by atoms with Crippen molar-refractivity contribution < 1.29 is 5.11 Å². The number of nitrogens with zero attached hydrogens (tertiary/aromatic N) is 3. The standard InChI is InChI=1S/C10H12N4O/c1-2-3-8-7(5-15)4-14-9(8)10(11)12-6-13-14/h2,4,6,15H,1,3,5H2,(H2,11,12,13). The minimum atomic E-state index is -0.0357. The Morgan fingerprint density at radius 3 is 3.07 bits per heavy atom. The Labute approximate surface area is 86.9 Å². The first-order valence-electron chi connectivity index (χ1n) is 4.59. The zero-order valence-electron chi connectivity index (χ0n) is 8.22. The molecule has 0 amide bonds. The van der Waals surface area contributed by atoms with Crippen LogP contribution in [0.2, 0.25) is 0 Å². The third-order valence-electron chi connectivity index (χ3n) is 2.31. The molecule has 2 rings (SSSR count). The van der Waals surface area contributed by atoms with Gasteiger partial charge in [0.2, 0.25) is 0 Å². The Morgan fingerprint density at radius 1 is 1.60 bits per heavy atom. The average Bonchev–Trinajstić information content (AvgIpc) is 2.58. The van der Waals surface area contributed by atoms with Crippen molar-refractivity contribution in [1.29, 1.82) is 0 Å². The minimum absolute atomic E-state index is 0.0357. The molecule has 0 aliphatic carbocycles. The summed E-state index contributed by atoms with van der Waals surface area (Å²) in [4.78, 5) is 3.93. The van der Waals surface area contributed by atoms with E-state index in [2.05, 4.69) is 16.7 Å². The molecule has 0 bridgehead atoms. The van der Waals surface area contributed by atoms with Crippen molar-refractivity contribution >= 4 is 11.3 Å². The summed E-state index contributed by atoms with van der Waals surface area (Å²) in [6.07, 6.45) is 5.55. The van der Waals surface area contributed by atoms with Gasteiger partial charge in [-0.1, -0.05) is 6.08 Å². The largest absolute Gasteiger partial charge is 0.392 e. The molecule has 5 heteroatoms. The third kappa shape index (κ3) is 1.46. The molecule has 78 valence electrons. The van der Waals surface area contributed by atoms with Gasteiger partial charge in [-0.2, -0.15) is 5.10 Å². The molecule has 0 radical (unpaired) electrons. The topological polar surface area (TPSA) is 76.4 Å². The molecule has 0 aliphatic rings. The molecule has 0 unspecified atom stereocenters. The van der Waals surface area contributed by atoms with Crippen LogP contribution in [0.5, 0.6) is 0 Å². The van der Waals surface area contributed by atoms with Crippen LogP contribution < -0.4 is 5.73 Å². The van der Waals surface area contributed by atoms with Crippen LogP contribution in [0, 0.1) is 0 Å². The van der Waals surface area contributed by atoms with Gasteiger partial charge in [0.1, 0.15) is 11.8 Å². The first-order valence-corrected chi connectivity index (χ1v) is 4.59. The number of anilines is 1. The molecule has 15 heavy (non-hydrogen) atoms. The van der Waals surface area contributed by atoms with Gasteiger partial charge < -0.3 is 10.8 Å². The van der Waals surface area contributed by atoms with Gasteiger partial charge in [-0.15, -0.1) is 6.58 Å². The fraction of sp³-hybridized carbons (Fsp3) is 0.200. The molecule has 0 fully saturated rings. The highest BCUT2D eigenvalue weighted by molar-refractivity contribution is 5.72. The van der Waals surface area contributed by atoms with E-state index in [1.54, 1.807) is 16.8 Å². The SMILES string of the molecule is C=CCc1c(CO)cn2ncnc(N)c12. The van der Waals surface area contributed by atoms with Gasteiger partial charge in [0.25, 0.3) is 0 Å². The lowest BCUT2D eigenvalue weighted by molar-refractivity contribution is 0.281. The Balaban J connectivity index is 2.76.